The van der Waals surface area contributed by atoms with Gasteiger partial charge < -0.3 is 20.5 Å². The number of benzene rings is 1. The van der Waals surface area contributed by atoms with Gasteiger partial charge in [-0.15, -0.1) is 0 Å². The fourth-order valence-electron chi connectivity index (χ4n) is 2.08. The molecule has 3 N–H and O–H groups in total. The molecule has 1 heterocycles. The molecule has 0 aliphatic carbocycles. The van der Waals surface area contributed by atoms with Crippen LogP contribution in [0.5, 0.6) is 5.75 Å². The summed E-state index contributed by atoms with van der Waals surface area (Å²) in [5, 5.41) is 2.84. The van der Waals surface area contributed by atoms with Crippen molar-refractivity contribution in [1.29, 1.82) is 0 Å². The number of ether oxygens (including phenoxy) is 2. The Kier molecular flexibility index (Phi) is 4.76. The van der Waals surface area contributed by atoms with E-state index in [1.807, 2.05) is 18.2 Å². The van der Waals surface area contributed by atoms with Crippen LogP contribution in [0.1, 0.15) is 18.4 Å². The average Bonchev–Trinajstić information content (AvgIpc) is 2.86. The molecule has 2 rings (SSSR count). The van der Waals surface area contributed by atoms with Crippen LogP contribution in [0, 0.1) is 0 Å². The summed E-state index contributed by atoms with van der Waals surface area (Å²) in [6.07, 6.45) is 2.29. The normalized spacial score (nSPS) is 14.6. The summed E-state index contributed by atoms with van der Waals surface area (Å²) in [5.41, 5.74) is 7.73. The van der Waals surface area contributed by atoms with Gasteiger partial charge >= 0.3 is 0 Å². The number of hydrogen-bond acceptors (Lipinski definition) is 4. The van der Waals surface area contributed by atoms with Gasteiger partial charge in [0.1, 0.15) is 5.75 Å². The van der Waals surface area contributed by atoms with Gasteiger partial charge in [-0.05, 0) is 36.6 Å². The van der Waals surface area contributed by atoms with Crippen molar-refractivity contribution in [1.82, 2.24) is 0 Å². The van der Waals surface area contributed by atoms with E-state index >= 15 is 0 Å². The number of amides is 1. The van der Waals surface area contributed by atoms with Crippen molar-refractivity contribution in [2.24, 2.45) is 5.73 Å². The quantitative estimate of drug-likeness (QED) is 0.760. The minimum absolute atomic E-state index is 0.157. The maximum atomic E-state index is 11.9. The van der Waals surface area contributed by atoms with E-state index < -0.39 is 6.04 Å². The minimum atomic E-state index is -0.500. The van der Waals surface area contributed by atoms with Gasteiger partial charge in [0.25, 0.3) is 0 Å². The first-order valence-corrected chi connectivity index (χ1v) is 6.52. The van der Waals surface area contributed by atoms with Gasteiger partial charge in [-0.1, -0.05) is 0 Å². The zero-order chi connectivity index (χ0) is 13.7. The van der Waals surface area contributed by atoms with Gasteiger partial charge in [-0.2, -0.15) is 0 Å². The highest BCUT2D eigenvalue weighted by molar-refractivity contribution is 5.94. The molecule has 19 heavy (non-hydrogen) atoms. The monoisotopic (exact) mass is 264 g/mol. The molecule has 0 spiro atoms. The van der Waals surface area contributed by atoms with Gasteiger partial charge in [0.05, 0.1) is 12.6 Å². The van der Waals surface area contributed by atoms with Crippen LogP contribution in [0.2, 0.25) is 0 Å². The molecule has 1 aliphatic heterocycles. The summed E-state index contributed by atoms with van der Waals surface area (Å²) in [7, 11) is 1.64. The van der Waals surface area contributed by atoms with Crippen molar-refractivity contribution < 1.29 is 14.3 Å². The lowest BCUT2D eigenvalue weighted by Gasteiger charge is -2.12. The number of carbonyl (C=O) groups is 1. The first-order chi connectivity index (χ1) is 9.20. The number of carbonyl (C=O) groups excluding carboxylic acids is 1. The molecule has 1 atom stereocenters. The number of methoxy groups -OCH3 is 1. The second kappa shape index (κ2) is 6.54. The summed E-state index contributed by atoms with van der Waals surface area (Å²) in [6, 6.07) is 5.17. The van der Waals surface area contributed by atoms with Crippen LogP contribution < -0.4 is 15.8 Å². The predicted molar refractivity (Wildman–Crippen MR) is 73.4 cm³/mol. The van der Waals surface area contributed by atoms with E-state index in [9.17, 15) is 4.79 Å². The molecule has 1 aromatic carbocycles. The Bertz CT molecular complexity index is 448. The number of nitrogens with two attached hydrogens (primary N) is 1. The van der Waals surface area contributed by atoms with E-state index in [0.717, 1.165) is 29.8 Å². The third-order valence-corrected chi connectivity index (χ3v) is 3.16. The second-order valence-corrected chi connectivity index (χ2v) is 4.65. The van der Waals surface area contributed by atoms with Gasteiger partial charge in [0.2, 0.25) is 5.91 Å². The molecule has 1 aromatic rings. The summed E-state index contributed by atoms with van der Waals surface area (Å²) in [6.45, 7) is 1.33. The summed E-state index contributed by atoms with van der Waals surface area (Å²) < 4.78 is 10.4. The molecule has 0 saturated carbocycles. The van der Waals surface area contributed by atoms with Crippen molar-refractivity contribution in [3.63, 3.8) is 0 Å². The number of fused-ring (bicyclic) bond motifs is 1. The molecular weight excluding hydrogens is 244 g/mol. The first-order valence-electron chi connectivity index (χ1n) is 6.52. The predicted octanol–water partition coefficient (Wildman–Crippen LogP) is 1.31. The van der Waals surface area contributed by atoms with Crippen LogP contribution >= 0.6 is 0 Å². The molecule has 0 radical (unpaired) electrons. The van der Waals surface area contributed by atoms with Crippen molar-refractivity contribution in [2.75, 3.05) is 25.6 Å². The highest BCUT2D eigenvalue weighted by atomic mass is 16.5. The van der Waals surface area contributed by atoms with Gasteiger partial charge in [0, 0.05) is 25.8 Å². The second-order valence-electron chi connectivity index (χ2n) is 4.65. The van der Waals surface area contributed by atoms with Crippen LogP contribution in [0.4, 0.5) is 5.69 Å². The fraction of sp³-hybridized carbons (Fsp3) is 0.500. The molecule has 0 fully saturated rings. The largest absolute Gasteiger partial charge is 0.493 e. The first kappa shape index (κ1) is 13.8. The van der Waals surface area contributed by atoms with Crippen molar-refractivity contribution in [2.45, 2.75) is 25.3 Å². The van der Waals surface area contributed by atoms with E-state index in [4.69, 9.17) is 15.2 Å². The average molecular weight is 264 g/mol. The van der Waals surface area contributed by atoms with E-state index in [1.165, 1.54) is 0 Å². The molecule has 5 heteroatoms. The number of rotatable bonds is 6. The van der Waals surface area contributed by atoms with Gasteiger partial charge in [0.15, 0.2) is 0 Å². The molecule has 0 saturated heterocycles. The van der Waals surface area contributed by atoms with Crippen molar-refractivity contribution in [3.8, 4) is 5.75 Å². The highest BCUT2D eigenvalue weighted by Crippen LogP contribution is 2.27. The zero-order valence-corrected chi connectivity index (χ0v) is 11.1. The standard InChI is InChI=1S/C14H20N2O3/c1-18-7-2-3-12(15)14(17)16-11-4-5-13-10(9-11)6-8-19-13/h4-5,9,12H,2-3,6-8,15H2,1H3,(H,16,17). The summed E-state index contributed by atoms with van der Waals surface area (Å²) in [5.74, 6) is 0.748. The van der Waals surface area contributed by atoms with E-state index in [2.05, 4.69) is 5.32 Å². The van der Waals surface area contributed by atoms with E-state index in [0.29, 0.717) is 19.6 Å². The molecule has 5 nitrogen and oxygen atoms in total. The number of hydrogen-bond donors (Lipinski definition) is 2. The Morgan fingerprint density at radius 2 is 2.42 bits per heavy atom. The van der Waals surface area contributed by atoms with Crippen LogP contribution in [0.3, 0.4) is 0 Å². The number of nitrogens with one attached hydrogen (secondary N) is 1. The van der Waals surface area contributed by atoms with Crippen molar-refractivity contribution >= 4 is 11.6 Å². The van der Waals surface area contributed by atoms with Gasteiger partial charge in [-0.3, -0.25) is 4.79 Å². The Labute approximate surface area is 113 Å². The molecular formula is C14H20N2O3. The smallest absolute Gasteiger partial charge is 0.241 e. The van der Waals surface area contributed by atoms with Crippen molar-refractivity contribution in [3.05, 3.63) is 23.8 Å². The molecule has 0 aromatic heterocycles. The molecule has 1 aliphatic rings. The van der Waals surface area contributed by atoms with Crippen LogP contribution in [-0.2, 0) is 16.0 Å². The lowest BCUT2D eigenvalue weighted by molar-refractivity contribution is -0.117. The Balaban J connectivity index is 1.88. The van der Waals surface area contributed by atoms with Crippen LogP contribution in [0.25, 0.3) is 0 Å². The SMILES string of the molecule is COCCCC(N)C(=O)Nc1ccc2c(c1)CCO2. The lowest BCUT2D eigenvalue weighted by atomic mass is 10.1. The maximum Gasteiger partial charge on any atom is 0.241 e. The summed E-state index contributed by atoms with van der Waals surface area (Å²) in [4.78, 5) is 11.9. The topological polar surface area (TPSA) is 73.6 Å². The lowest BCUT2D eigenvalue weighted by Crippen LogP contribution is -2.35. The zero-order valence-electron chi connectivity index (χ0n) is 11.1. The maximum absolute atomic E-state index is 11.9. The third-order valence-electron chi connectivity index (χ3n) is 3.16. The van der Waals surface area contributed by atoms with E-state index in [1.54, 1.807) is 7.11 Å². The van der Waals surface area contributed by atoms with Crippen LogP contribution in [0.15, 0.2) is 18.2 Å². The molecule has 0 bridgehead atoms. The Morgan fingerprint density at radius 3 is 3.21 bits per heavy atom. The van der Waals surface area contributed by atoms with E-state index in [-0.39, 0.29) is 5.91 Å². The molecule has 1 unspecified atom stereocenters. The fourth-order valence-corrected chi connectivity index (χ4v) is 2.08. The highest BCUT2D eigenvalue weighted by Gasteiger charge is 2.16. The third kappa shape index (κ3) is 3.68. The van der Waals surface area contributed by atoms with Gasteiger partial charge in [-0.25, -0.2) is 0 Å². The van der Waals surface area contributed by atoms with Crippen LogP contribution in [-0.4, -0.2) is 32.3 Å². The molecule has 104 valence electrons. The Hall–Kier alpha value is -1.59. The Morgan fingerprint density at radius 1 is 1.58 bits per heavy atom. The molecule has 1 amide bonds. The number of anilines is 1. The minimum Gasteiger partial charge on any atom is -0.493 e. The summed E-state index contributed by atoms with van der Waals surface area (Å²) >= 11 is 0.